The van der Waals surface area contributed by atoms with Crippen LogP contribution in [0.25, 0.3) is 0 Å². The van der Waals surface area contributed by atoms with Crippen LogP contribution in [0.3, 0.4) is 0 Å². The maximum atomic E-state index is 12.7. The summed E-state index contributed by atoms with van der Waals surface area (Å²) >= 11 is 0. The molecule has 9 nitrogen and oxygen atoms in total. The van der Waals surface area contributed by atoms with E-state index in [-0.39, 0.29) is 32.0 Å². The molecule has 0 aromatic rings. The van der Waals surface area contributed by atoms with Gasteiger partial charge in [0.2, 0.25) is 0 Å². The summed E-state index contributed by atoms with van der Waals surface area (Å²) in [6, 6.07) is 0. The predicted molar refractivity (Wildman–Crippen MR) is 263 cm³/mol. The molecule has 63 heavy (non-hydrogen) atoms. The summed E-state index contributed by atoms with van der Waals surface area (Å²) in [6.07, 6.45) is 55.3. The highest BCUT2D eigenvalue weighted by molar-refractivity contribution is 7.45. The van der Waals surface area contributed by atoms with E-state index in [0.29, 0.717) is 17.4 Å². The molecule has 0 aliphatic heterocycles. The molecular formula is C53H96NO8P. The van der Waals surface area contributed by atoms with Gasteiger partial charge in [-0.05, 0) is 57.8 Å². The van der Waals surface area contributed by atoms with Gasteiger partial charge in [-0.25, -0.2) is 0 Å². The van der Waals surface area contributed by atoms with Crippen LogP contribution in [0.2, 0.25) is 0 Å². The maximum absolute atomic E-state index is 12.7. The third kappa shape index (κ3) is 49.0. The number of nitrogens with zero attached hydrogens (tertiary/aromatic N) is 1. The van der Waals surface area contributed by atoms with Gasteiger partial charge >= 0.3 is 11.9 Å². The molecule has 0 saturated heterocycles. The fraction of sp³-hybridized carbons (Fsp3) is 0.774. The second-order valence-electron chi connectivity index (χ2n) is 18.2. The molecule has 2 atom stereocenters. The molecule has 0 aromatic heterocycles. The van der Waals surface area contributed by atoms with Crippen molar-refractivity contribution in [2.75, 3.05) is 47.5 Å². The number of rotatable bonds is 46. The summed E-state index contributed by atoms with van der Waals surface area (Å²) in [5.41, 5.74) is 0. The van der Waals surface area contributed by atoms with Crippen LogP contribution in [0, 0.1) is 0 Å². The van der Waals surface area contributed by atoms with E-state index in [0.717, 1.165) is 77.0 Å². The van der Waals surface area contributed by atoms with Crippen LogP contribution >= 0.6 is 7.82 Å². The van der Waals surface area contributed by atoms with E-state index >= 15 is 0 Å². The normalized spacial score (nSPS) is 13.9. The van der Waals surface area contributed by atoms with E-state index in [2.05, 4.69) is 74.6 Å². The zero-order chi connectivity index (χ0) is 46.4. The number of phosphoric acid groups is 1. The fourth-order valence-electron chi connectivity index (χ4n) is 6.86. The highest BCUT2D eigenvalue weighted by atomic mass is 31.2. The molecule has 0 saturated carbocycles. The lowest BCUT2D eigenvalue weighted by molar-refractivity contribution is -0.870. The number of hydrogen-bond donors (Lipinski definition) is 0. The molecule has 0 aliphatic carbocycles. The Hall–Kier alpha value is -2.29. The summed E-state index contributed by atoms with van der Waals surface area (Å²) in [5, 5.41) is 0. The Morgan fingerprint density at radius 2 is 0.905 bits per heavy atom. The summed E-state index contributed by atoms with van der Waals surface area (Å²) < 4.78 is 34.0. The Morgan fingerprint density at radius 3 is 1.35 bits per heavy atom. The van der Waals surface area contributed by atoms with Crippen molar-refractivity contribution in [3.63, 3.8) is 0 Å². The van der Waals surface area contributed by atoms with Crippen LogP contribution in [0.1, 0.15) is 213 Å². The van der Waals surface area contributed by atoms with E-state index in [9.17, 15) is 19.0 Å². The average Bonchev–Trinajstić information content (AvgIpc) is 3.24. The largest absolute Gasteiger partial charge is 0.756 e. The first kappa shape index (κ1) is 60.7. The number of unbranched alkanes of at least 4 members (excludes halogenated alkanes) is 22. The third-order valence-corrected chi connectivity index (χ3v) is 11.8. The average molecular weight is 906 g/mol. The second-order valence-corrected chi connectivity index (χ2v) is 19.6. The van der Waals surface area contributed by atoms with Gasteiger partial charge in [-0.3, -0.25) is 14.2 Å². The van der Waals surface area contributed by atoms with Crippen molar-refractivity contribution in [1.29, 1.82) is 0 Å². The number of hydrogen-bond acceptors (Lipinski definition) is 8. The third-order valence-electron chi connectivity index (χ3n) is 10.8. The van der Waals surface area contributed by atoms with Crippen LogP contribution in [0.4, 0.5) is 0 Å². The number of ether oxygens (including phenoxy) is 2. The number of carbonyl (C=O) groups excluding carboxylic acids is 2. The molecular weight excluding hydrogens is 810 g/mol. The molecule has 0 aliphatic rings. The molecule has 0 bridgehead atoms. The fourth-order valence-corrected chi connectivity index (χ4v) is 7.59. The van der Waals surface area contributed by atoms with Gasteiger partial charge in [-0.2, -0.15) is 0 Å². The van der Waals surface area contributed by atoms with Crippen LogP contribution in [-0.4, -0.2) is 70.0 Å². The first-order valence-electron chi connectivity index (χ1n) is 25.5. The molecule has 0 fully saturated rings. The second kappa shape index (κ2) is 44.9. The van der Waals surface area contributed by atoms with Crippen molar-refractivity contribution < 1.29 is 42.1 Å². The minimum Gasteiger partial charge on any atom is -0.756 e. The summed E-state index contributed by atoms with van der Waals surface area (Å²) in [5.74, 6) is -0.837. The maximum Gasteiger partial charge on any atom is 0.306 e. The van der Waals surface area contributed by atoms with Crippen LogP contribution in [0.15, 0.2) is 60.8 Å². The van der Waals surface area contributed by atoms with Crippen molar-refractivity contribution >= 4 is 19.8 Å². The Bertz CT molecular complexity index is 1250. The van der Waals surface area contributed by atoms with Gasteiger partial charge in [0.25, 0.3) is 7.82 Å². The Kier molecular flexibility index (Phi) is 43.3. The number of carbonyl (C=O) groups is 2. The number of phosphoric ester groups is 1. The standard InChI is InChI=1S/C53H96NO8P/c1-6-8-10-12-14-16-18-20-22-23-24-25-26-27-28-29-30-31-32-34-36-38-40-42-44-46-53(56)62-51(50-61-63(57,58)60-48-47-54(3,4)5)49-59-52(55)45-43-41-39-37-35-33-21-19-17-15-13-11-9-7-2/h8,10,14,16,20,22,24-25,27-28,51H,6-7,9,11-13,15,17-19,21,23,26,29-50H2,1-5H3/b10-8-,16-14-,22-20-,25-24-,28-27-. The van der Waals surface area contributed by atoms with Crippen molar-refractivity contribution in [3.8, 4) is 0 Å². The lowest BCUT2D eigenvalue weighted by Crippen LogP contribution is -2.37. The van der Waals surface area contributed by atoms with Crippen LogP contribution in [0.5, 0.6) is 0 Å². The monoisotopic (exact) mass is 906 g/mol. The van der Waals surface area contributed by atoms with E-state index in [1.54, 1.807) is 0 Å². The molecule has 10 heteroatoms. The lowest BCUT2D eigenvalue weighted by atomic mass is 10.0. The van der Waals surface area contributed by atoms with Gasteiger partial charge in [-0.1, -0.05) is 203 Å². The quantitative estimate of drug-likeness (QED) is 0.0195. The molecule has 366 valence electrons. The molecule has 0 spiro atoms. The smallest absolute Gasteiger partial charge is 0.306 e. The molecule has 0 aromatic carbocycles. The first-order valence-corrected chi connectivity index (χ1v) is 27.0. The zero-order valence-electron chi connectivity index (χ0n) is 41.3. The number of allylic oxidation sites excluding steroid dienone is 10. The summed E-state index contributed by atoms with van der Waals surface area (Å²) in [4.78, 5) is 37.7. The zero-order valence-corrected chi connectivity index (χ0v) is 42.2. The molecule has 0 amide bonds. The number of likely N-dealkylation sites (N-methyl/N-ethyl adjacent to an activating group) is 1. The molecule has 2 unspecified atom stereocenters. The first-order chi connectivity index (χ1) is 30.5. The molecule has 0 radical (unpaired) electrons. The highest BCUT2D eigenvalue weighted by Gasteiger charge is 2.21. The van der Waals surface area contributed by atoms with Crippen molar-refractivity contribution in [1.82, 2.24) is 0 Å². The van der Waals surface area contributed by atoms with Gasteiger partial charge < -0.3 is 27.9 Å². The van der Waals surface area contributed by atoms with E-state index in [4.69, 9.17) is 18.5 Å². The number of esters is 2. The topological polar surface area (TPSA) is 111 Å². The summed E-state index contributed by atoms with van der Waals surface area (Å²) in [6.45, 7) is 4.12. The number of quaternary nitrogens is 1. The minimum atomic E-state index is -4.63. The van der Waals surface area contributed by atoms with Gasteiger partial charge in [0.15, 0.2) is 6.10 Å². The van der Waals surface area contributed by atoms with Crippen molar-refractivity contribution in [3.05, 3.63) is 60.8 Å². The van der Waals surface area contributed by atoms with Gasteiger partial charge in [0.05, 0.1) is 27.7 Å². The molecule has 0 N–H and O–H groups in total. The van der Waals surface area contributed by atoms with Crippen LogP contribution < -0.4 is 4.89 Å². The molecule has 0 rings (SSSR count). The minimum absolute atomic E-state index is 0.0330. The van der Waals surface area contributed by atoms with E-state index in [1.807, 2.05) is 21.1 Å². The van der Waals surface area contributed by atoms with Crippen LogP contribution in [-0.2, 0) is 32.7 Å². The van der Waals surface area contributed by atoms with Gasteiger partial charge in [-0.15, -0.1) is 0 Å². The Balaban J connectivity index is 4.24. The van der Waals surface area contributed by atoms with Gasteiger partial charge in [0.1, 0.15) is 19.8 Å². The highest BCUT2D eigenvalue weighted by Crippen LogP contribution is 2.38. The van der Waals surface area contributed by atoms with Crippen molar-refractivity contribution in [2.24, 2.45) is 0 Å². The molecule has 0 heterocycles. The predicted octanol–water partition coefficient (Wildman–Crippen LogP) is 14.6. The Labute approximate surface area is 387 Å². The van der Waals surface area contributed by atoms with E-state index < -0.39 is 26.5 Å². The SMILES string of the molecule is CC/C=C\C/C=C\C/C=C\C/C=C\C/C=C\CCCCCCCCCCCC(=O)OC(COC(=O)CCCCCCCCCCCCCCCC)COP(=O)([O-])OCC[N+](C)(C)C. The lowest BCUT2D eigenvalue weighted by Gasteiger charge is -2.28. The van der Waals surface area contributed by atoms with E-state index in [1.165, 1.54) is 103 Å². The summed E-state index contributed by atoms with van der Waals surface area (Å²) in [7, 11) is 1.16. The Morgan fingerprint density at radius 1 is 0.508 bits per heavy atom. The van der Waals surface area contributed by atoms with Gasteiger partial charge in [0, 0.05) is 12.8 Å². The van der Waals surface area contributed by atoms with Crippen molar-refractivity contribution in [2.45, 2.75) is 219 Å².